The lowest BCUT2D eigenvalue weighted by Crippen LogP contribution is -2.80. The number of amides is 2. The number of benzene rings is 1. The topological polar surface area (TPSA) is 50.9 Å². The van der Waals surface area contributed by atoms with Gasteiger partial charge in [0.2, 0.25) is 0 Å². The quantitative estimate of drug-likeness (QED) is 0.856. The summed E-state index contributed by atoms with van der Waals surface area (Å²) in [6.07, 6.45) is 0. The summed E-state index contributed by atoms with van der Waals surface area (Å²) < 4.78 is 0. The normalized spacial score (nSPS) is 36.5. The zero-order chi connectivity index (χ0) is 14.4. The van der Waals surface area contributed by atoms with Gasteiger partial charge in [-0.15, -0.1) is 0 Å². The van der Waals surface area contributed by atoms with Crippen LogP contribution >= 0.6 is 11.6 Å². The SMILES string of the molecule is O=C(Nc1cccc(Cl)c1)NC12CN3CN(CN(C3)C1)C2. The van der Waals surface area contributed by atoms with E-state index in [0.717, 1.165) is 39.6 Å². The molecule has 6 nitrogen and oxygen atoms in total. The van der Waals surface area contributed by atoms with Crippen molar-refractivity contribution in [3.8, 4) is 0 Å². The summed E-state index contributed by atoms with van der Waals surface area (Å²) in [5, 5.41) is 6.66. The van der Waals surface area contributed by atoms with E-state index in [2.05, 4.69) is 25.3 Å². The van der Waals surface area contributed by atoms with Crippen molar-refractivity contribution in [3.05, 3.63) is 29.3 Å². The van der Waals surface area contributed by atoms with Crippen molar-refractivity contribution in [1.82, 2.24) is 20.0 Å². The van der Waals surface area contributed by atoms with Gasteiger partial charge in [0.05, 0.1) is 25.5 Å². The molecule has 0 aliphatic carbocycles. The number of rotatable bonds is 2. The molecule has 1 aromatic carbocycles. The van der Waals surface area contributed by atoms with Crippen molar-refractivity contribution < 1.29 is 4.79 Å². The van der Waals surface area contributed by atoms with Crippen molar-refractivity contribution in [3.63, 3.8) is 0 Å². The van der Waals surface area contributed by atoms with E-state index >= 15 is 0 Å². The molecule has 1 aromatic rings. The van der Waals surface area contributed by atoms with Gasteiger partial charge < -0.3 is 10.6 Å². The Bertz CT molecular complexity index is 543. The van der Waals surface area contributed by atoms with Crippen LogP contribution in [-0.2, 0) is 0 Å². The van der Waals surface area contributed by atoms with E-state index in [0.29, 0.717) is 10.7 Å². The van der Waals surface area contributed by atoms with Crippen LogP contribution in [0.3, 0.4) is 0 Å². The highest BCUT2D eigenvalue weighted by atomic mass is 35.5. The zero-order valence-electron chi connectivity index (χ0n) is 11.7. The summed E-state index contributed by atoms with van der Waals surface area (Å²) in [6, 6.07) is 7.03. The third kappa shape index (κ3) is 2.60. The van der Waals surface area contributed by atoms with Gasteiger partial charge in [-0.05, 0) is 18.2 Å². The van der Waals surface area contributed by atoms with E-state index in [1.54, 1.807) is 12.1 Å². The summed E-state index contributed by atoms with van der Waals surface area (Å²) in [7, 11) is 0. The van der Waals surface area contributed by atoms with E-state index in [1.807, 2.05) is 12.1 Å². The van der Waals surface area contributed by atoms with Crippen LogP contribution in [0.5, 0.6) is 0 Å². The molecule has 4 saturated heterocycles. The van der Waals surface area contributed by atoms with Gasteiger partial charge in [0, 0.05) is 30.3 Å². The summed E-state index contributed by atoms with van der Waals surface area (Å²) in [5.74, 6) is 0. The standard InChI is InChI=1S/C14H18ClN5O/c15-11-2-1-3-12(4-11)16-13(21)17-14-5-18-8-19(6-14)10-20(7-14)9-18/h1-4H,5-10H2,(H2,16,17,21). The van der Waals surface area contributed by atoms with Crippen LogP contribution in [0.4, 0.5) is 10.5 Å². The summed E-state index contributed by atoms with van der Waals surface area (Å²) >= 11 is 5.94. The Morgan fingerprint density at radius 3 is 2.29 bits per heavy atom. The molecule has 0 radical (unpaired) electrons. The average Bonchev–Trinajstić information content (AvgIpc) is 2.35. The van der Waals surface area contributed by atoms with Gasteiger partial charge in [-0.1, -0.05) is 17.7 Å². The van der Waals surface area contributed by atoms with Crippen molar-refractivity contribution in [2.45, 2.75) is 5.54 Å². The predicted molar refractivity (Wildman–Crippen MR) is 81.1 cm³/mol. The summed E-state index contributed by atoms with van der Waals surface area (Å²) in [4.78, 5) is 19.4. The molecule has 0 unspecified atom stereocenters. The van der Waals surface area contributed by atoms with Gasteiger partial charge in [0.25, 0.3) is 0 Å². The molecule has 2 amide bonds. The smallest absolute Gasteiger partial charge is 0.319 e. The van der Waals surface area contributed by atoms with Gasteiger partial charge in [-0.3, -0.25) is 14.7 Å². The minimum absolute atomic E-state index is 0.164. The highest BCUT2D eigenvalue weighted by Gasteiger charge is 2.49. The van der Waals surface area contributed by atoms with Crippen molar-refractivity contribution in [2.75, 3.05) is 45.0 Å². The molecule has 4 heterocycles. The van der Waals surface area contributed by atoms with Gasteiger partial charge >= 0.3 is 6.03 Å². The third-order valence-corrected chi connectivity index (χ3v) is 4.48. The van der Waals surface area contributed by atoms with Crippen molar-refractivity contribution in [2.24, 2.45) is 0 Å². The number of nitrogens with zero attached hydrogens (tertiary/aromatic N) is 3. The molecule has 4 bridgehead atoms. The number of hydrogen-bond acceptors (Lipinski definition) is 4. The first-order chi connectivity index (χ1) is 10.1. The van der Waals surface area contributed by atoms with Crippen LogP contribution in [0.25, 0.3) is 0 Å². The van der Waals surface area contributed by atoms with Crippen molar-refractivity contribution in [1.29, 1.82) is 0 Å². The first-order valence-electron chi connectivity index (χ1n) is 7.12. The van der Waals surface area contributed by atoms with Crippen LogP contribution < -0.4 is 10.6 Å². The third-order valence-electron chi connectivity index (χ3n) is 4.24. The molecule has 0 spiro atoms. The predicted octanol–water partition coefficient (Wildman–Crippen LogP) is 1.02. The fourth-order valence-corrected chi connectivity index (χ4v) is 4.00. The second kappa shape index (κ2) is 4.84. The molecule has 112 valence electrons. The number of halogens is 1. The average molecular weight is 308 g/mol. The van der Waals surface area contributed by atoms with Crippen LogP contribution in [-0.4, -0.2) is 65.9 Å². The maximum atomic E-state index is 12.3. The molecule has 2 N–H and O–H groups in total. The first-order valence-corrected chi connectivity index (χ1v) is 7.50. The van der Waals surface area contributed by atoms with E-state index in [4.69, 9.17) is 11.6 Å². The van der Waals surface area contributed by atoms with E-state index in [9.17, 15) is 4.79 Å². The minimum atomic E-state index is -0.169. The number of hydrogen-bond donors (Lipinski definition) is 2. The molecule has 5 rings (SSSR count). The van der Waals surface area contributed by atoms with E-state index in [1.165, 1.54) is 0 Å². The van der Waals surface area contributed by atoms with E-state index in [-0.39, 0.29) is 11.6 Å². The number of anilines is 1. The van der Waals surface area contributed by atoms with Gasteiger partial charge in [-0.25, -0.2) is 4.79 Å². The lowest BCUT2D eigenvalue weighted by Gasteiger charge is -2.60. The maximum absolute atomic E-state index is 12.3. The minimum Gasteiger partial charge on any atom is -0.329 e. The fourth-order valence-electron chi connectivity index (χ4n) is 3.80. The van der Waals surface area contributed by atoms with Gasteiger partial charge in [0.15, 0.2) is 0 Å². The molecule has 7 heteroatoms. The van der Waals surface area contributed by atoms with Crippen molar-refractivity contribution >= 4 is 23.3 Å². The molecular formula is C14H18ClN5O. The summed E-state index contributed by atoms with van der Waals surface area (Å²) in [5.41, 5.74) is 0.544. The zero-order valence-corrected chi connectivity index (χ0v) is 12.4. The van der Waals surface area contributed by atoms with Gasteiger partial charge in [0.1, 0.15) is 0 Å². The number of carbonyl (C=O) groups excluding carboxylic acids is 1. The number of carbonyl (C=O) groups is 1. The highest BCUT2D eigenvalue weighted by Crippen LogP contribution is 2.28. The van der Waals surface area contributed by atoms with Crippen LogP contribution in [0.2, 0.25) is 5.02 Å². The Kier molecular flexibility index (Phi) is 3.08. The Balaban J connectivity index is 1.45. The molecule has 0 aromatic heterocycles. The summed E-state index contributed by atoms with van der Waals surface area (Å²) in [6.45, 7) is 5.79. The van der Waals surface area contributed by atoms with Crippen LogP contribution in [0.15, 0.2) is 24.3 Å². The molecule has 0 atom stereocenters. The molecule has 4 aliphatic heterocycles. The molecule has 21 heavy (non-hydrogen) atoms. The molecule has 4 aliphatic rings. The van der Waals surface area contributed by atoms with Crippen LogP contribution in [0, 0.1) is 0 Å². The monoisotopic (exact) mass is 307 g/mol. The molecule has 0 saturated carbocycles. The Morgan fingerprint density at radius 2 is 1.71 bits per heavy atom. The Hall–Kier alpha value is -1.34. The van der Waals surface area contributed by atoms with E-state index < -0.39 is 0 Å². The maximum Gasteiger partial charge on any atom is 0.319 e. The fraction of sp³-hybridized carbons (Fsp3) is 0.500. The van der Waals surface area contributed by atoms with Crippen LogP contribution in [0.1, 0.15) is 0 Å². The lowest BCUT2D eigenvalue weighted by molar-refractivity contribution is -0.146. The second-order valence-corrected chi connectivity index (χ2v) is 6.72. The lowest BCUT2D eigenvalue weighted by atomic mass is 9.91. The number of nitrogens with one attached hydrogen (secondary N) is 2. The molecular weight excluding hydrogens is 290 g/mol. The second-order valence-electron chi connectivity index (χ2n) is 6.28. The highest BCUT2D eigenvalue weighted by molar-refractivity contribution is 6.30. The number of urea groups is 1. The Morgan fingerprint density at radius 1 is 1.10 bits per heavy atom. The van der Waals surface area contributed by atoms with Gasteiger partial charge in [-0.2, -0.15) is 0 Å². The largest absolute Gasteiger partial charge is 0.329 e. The Labute approximate surface area is 128 Å². The first kappa shape index (κ1) is 13.3. The molecule has 4 fully saturated rings.